The highest BCUT2D eigenvalue weighted by Crippen LogP contribution is 2.32. The number of rotatable bonds is 6. The molecule has 0 radical (unpaired) electrons. The number of furan rings is 1. The Balaban J connectivity index is 1.41. The minimum absolute atomic E-state index is 0.276. The van der Waals surface area contributed by atoms with Gasteiger partial charge >= 0.3 is 0 Å². The highest BCUT2D eigenvalue weighted by Gasteiger charge is 2.13. The third kappa shape index (κ3) is 3.65. The van der Waals surface area contributed by atoms with E-state index in [0.29, 0.717) is 19.0 Å². The maximum absolute atomic E-state index is 5.40. The molecule has 128 valence electrons. The minimum atomic E-state index is 0.276. The molecule has 0 aliphatic carbocycles. The van der Waals surface area contributed by atoms with Crippen molar-refractivity contribution >= 4 is 11.8 Å². The predicted octanol–water partition coefficient (Wildman–Crippen LogP) is 3.33. The van der Waals surface area contributed by atoms with Crippen LogP contribution in [0.4, 0.5) is 11.8 Å². The van der Waals surface area contributed by atoms with Gasteiger partial charge < -0.3 is 24.5 Å². The van der Waals surface area contributed by atoms with E-state index in [1.165, 1.54) is 0 Å². The first-order valence-electron chi connectivity index (χ1n) is 8.00. The Kier molecular flexibility index (Phi) is 4.12. The van der Waals surface area contributed by atoms with Gasteiger partial charge in [0.25, 0.3) is 0 Å². The molecule has 0 saturated carbocycles. The number of aromatic nitrogens is 2. The number of hydrogen-bond acceptors (Lipinski definition) is 7. The number of ether oxygens (including phenoxy) is 2. The number of nitrogens with one attached hydrogen (secondary N) is 2. The smallest absolute Gasteiger partial charge is 0.231 e. The quantitative estimate of drug-likeness (QED) is 0.713. The summed E-state index contributed by atoms with van der Waals surface area (Å²) in [7, 11) is 0. The van der Waals surface area contributed by atoms with Crippen LogP contribution in [0.2, 0.25) is 0 Å². The molecule has 0 atom stereocenters. The lowest BCUT2D eigenvalue weighted by atomic mass is 10.2. The molecule has 0 bridgehead atoms. The molecule has 3 heterocycles. The number of anilines is 2. The summed E-state index contributed by atoms with van der Waals surface area (Å²) in [6.45, 7) is 3.38. The molecule has 0 unspecified atom stereocenters. The van der Waals surface area contributed by atoms with E-state index in [1.54, 1.807) is 6.26 Å². The van der Waals surface area contributed by atoms with E-state index < -0.39 is 0 Å². The average molecular weight is 338 g/mol. The fraction of sp³-hybridized carbons (Fsp3) is 0.222. The fourth-order valence-corrected chi connectivity index (χ4v) is 2.56. The van der Waals surface area contributed by atoms with E-state index in [2.05, 4.69) is 20.6 Å². The van der Waals surface area contributed by atoms with Crippen LogP contribution in [0.5, 0.6) is 11.5 Å². The van der Waals surface area contributed by atoms with Gasteiger partial charge in [-0.05, 0) is 36.8 Å². The van der Waals surface area contributed by atoms with E-state index in [9.17, 15) is 0 Å². The van der Waals surface area contributed by atoms with Crippen LogP contribution >= 0.6 is 0 Å². The molecule has 2 N–H and O–H groups in total. The second-order valence-corrected chi connectivity index (χ2v) is 5.69. The molecule has 0 amide bonds. The molecular weight excluding hydrogens is 320 g/mol. The first kappa shape index (κ1) is 15.3. The molecule has 7 heteroatoms. The van der Waals surface area contributed by atoms with Gasteiger partial charge in [0, 0.05) is 18.3 Å². The van der Waals surface area contributed by atoms with Gasteiger partial charge in [-0.3, -0.25) is 0 Å². The highest BCUT2D eigenvalue weighted by atomic mass is 16.7. The van der Waals surface area contributed by atoms with Crippen LogP contribution in [-0.2, 0) is 13.1 Å². The van der Waals surface area contributed by atoms with Gasteiger partial charge in [0.05, 0.1) is 12.8 Å². The van der Waals surface area contributed by atoms with E-state index in [4.69, 9.17) is 13.9 Å². The number of hydrogen-bond donors (Lipinski definition) is 2. The van der Waals surface area contributed by atoms with Crippen molar-refractivity contribution in [2.24, 2.45) is 0 Å². The van der Waals surface area contributed by atoms with Crippen molar-refractivity contribution in [1.82, 2.24) is 9.97 Å². The van der Waals surface area contributed by atoms with Crippen molar-refractivity contribution in [2.75, 3.05) is 17.4 Å². The summed E-state index contributed by atoms with van der Waals surface area (Å²) in [6, 6.07) is 11.5. The van der Waals surface area contributed by atoms with Crippen molar-refractivity contribution in [3.63, 3.8) is 0 Å². The Hall–Kier alpha value is -3.22. The monoisotopic (exact) mass is 338 g/mol. The summed E-state index contributed by atoms with van der Waals surface area (Å²) in [4.78, 5) is 8.91. The van der Waals surface area contributed by atoms with Crippen LogP contribution in [0, 0.1) is 6.92 Å². The second-order valence-electron chi connectivity index (χ2n) is 5.69. The first-order valence-corrected chi connectivity index (χ1v) is 8.00. The van der Waals surface area contributed by atoms with Gasteiger partial charge in [-0.25, -0.2) is 4.98 Å². The normalized spacial score (nSPS) is 12.2. The van der Waals surface area contributed by atoms with E-state index in [0.717, 1.165) is 34.3 Å². The lowest BCUT2D eigenvalue weighted by Crippen LogP contribution is -2.08. The number of fused-ring (bicyclic) bond motifs is 1. The van der Waals surface area contributed by atoms with Crippen molar-refractivity contribution in [3.8, 4) is 11.5 Å². The van der Waals surface area contributed by atoms with E-state index >= 15 is 0 Å². The summed E-state index contributed by atoms with van der Waals surface area (Å²) < 4.78 is 16.0. The van der Waals surface area contributed by atoms with Gasteiger partial charge in [0.1, 0.15) is 11.6 Å². The lowest BCUT2D eigenvalue weighted by Gasteiger charge is -2.10. The summed E-state index contributed by atoms with van der Waals surface area (Å²) in [6.07, 6.45) is 1.65. The van der Waals surface area contributed by atoms with E-state index in [1.807, 2.05) is 43.3 Å². The van der Waals surface area contributed by atoms with Gasteiger partial charge in [0.15, 0.2) is 11.5 Å². The van der Waals surface area contributed by atoms with Gasteiger partial charge in [-0.15, -0.1) is 0 Å². The van der Waals surface area contributed by atoms with E-state index in [-0.39, 0.29) is 6.79 Å². The second kappa shape index (κ2) is 6.72. The van der Waals surface area contributed by atoms with Crippen molar-refractivity contribution in [1.29, 1.82) is 0 Å². The fourth-order valence-electron chi connectivity index (χ4n) is 2.56. The Morgan fingerprint density at radius 3 is 2.80 bits per heavy atom. The number of nitrogens with zero attached hydrogens (tertiary/aromatic N) is 2. The highest BCUT2D eigenvalue weighted by molar-refractivity contribution is 5.46. The standard InChI is InChI=1S/C18H18N4O3/c1-12-7-17(19-10-14-3-2-6-23-14)22-18(21-12)20-9-13-4-5-15-16(8-13)25-11-24-15/h2-8H,9-11H2,1H3,(H2,19,20,21,22). The summed E-state index contributed by atoms with van der Waals surface area (Å²) in [5.41, 5.74) is 1.95. The molecule has 4 rings (SSSR count). The predicted molar refractivity (Wildman–Crippen MR) is 92.7 cm³/mol. The molecule has 1 aliphatic heterocycles. The number of aryl methyl sites for hydroxylation is 1. The number of benzene rings is 1. The Morgan fingerprint density at radius 1 is 1.00 bits per heavy atom. The Morgan fingerprint density at radius 2 is 1.92 bits per heavy atom. The molecule has 0 spiro atoms. The third-order valence-corrected chi connectivity index (χ3v) is 3.77. The molecule has 3 aromatic rings. The van der Waals surface area contributed by atoms with Gasteiger partial charge in [-0.2, -0.15) is 4.98 Å². The molecule has 0 fully saturated rings. The molecule has 7 nitrogen and oxygen atoms in total. The SMILES string of the molecule is Cc1cc(NCc2ccco2)nc(NCc2ccc3c(c2)OCO3)n1. The lowest BCUT2D eigenvalue weighted by molar-refractivity contribution is 0.174. The average Bonchev–Trinajstić information content (AvgIpc) is 3.28. The molecule has 25 heavy (non-hydrogen) atoms. The summed E-state index contributed by atoms with van der Waals surface area (Å²) in [5, 5.41) is 6.48. The molecular formula is C18H18N4O3. The molecule has 0 saturated heterocycles. The molecule has 1 aliphatic rings. The zero-order valence-electron chi connectivity index (χ0n) is 13.8. The van der Waals surface area contributed by atoms with Crippen LogP contribution in [0.25, 0.3) is 0 Å². The Bertz CT molecular complexity index is 865. The first-order chi connectivity index (χ1) is 12.3. The van der Waals surface area contributed by atoms with Crippen LogP contribution < -0.4 is 20.1 Å². The zero-order chi connectivity index (χ0) is 17.1. The molecule has 1 aromatic carbocycles. The summed E-state index contributed by atoms with van der Waals surface area (Å²) in [5.74, 6) is 3.72. The largest absolute Gasteiger partial charge is 0.467 e. The van der Waals surface area contributed by atoms with Crippen molar-refractivity contribution in [3.05, 3.63) is 59.7 Å². The van der Waals surface area contributed by atoms with Crippen molar-refractivity contribution < 1.29 is 13.9 Å². The topological polar surface area (TPSA) is 81.4 Å². The maximum Gasteiger partial charge on any atom is 0.231 e. The minimum Gasteiger partial charge on any atom is -0.467 e. The third-order valence-electron chi connectivity index (χ3n) is 3.77. The van der Waals surface area contributed by atoms with Crippen molar-refractivity contribution in [2.45, 2.75) is 20.0 Å². The Labute approximate surface area is 145 Å². The maximum atomic E-state index is 5.40. The van der Waals surface area contributed by atoms with Crippen LogP contribution in [0.1, 0.15) is 17.0 Å². The molecule has 2 aromatic heterocycles. The van der Waals surface area contributed by atoms with Crippen LogP contribution in [0.3, 0.4) is 0 Å². The van der Waals surface area contributed by atoms with Crippen LogP contribution in [0.15, 0.2) is 47.1 Å². The van der Waals surface area contributed by atoms with Crippen LogP contribution in [-0.4, -0.2) is 16.8 Å². The van der Waals surface area contributed by atoms with Gasteiger partial charge in [-0.1, -0.05) is 6.07 Å². The van der Waals surface area contributed by atoms with Gasteiger partial charge in [0.2, 0.25) is 12.7 Å². The summed E-state index contributed by atoms with van der Waals surface area (Å²) >= 11 is 0. The zero-order valence-corrected chi connectivity index (χ0v) is 13.8.